The Labute approximate surface area is 202 Å². The number of aryl methyl sites for hydroxylation is 2. The third-order valence-electron chi connectivity index (χ3n) is 6.35. The van der Waals surface area contributed by atoms with E-state index in [1.54, 1.807) is 16.8 Å². The highest BCUT2D eigenvalue weighted by molar-refractivity contribution is 5.79. The monoisotopic (exact) mass is 473 g/mol. The second kappa shape index (κ2) is 9.07. The molecule has 0 bridgehead atoms. The molecular formula is C28H25F2N3O2. The average molecular weight is 474 g/mol. The number of halogens is 2. The van der Waals surface area contributed by atoms with Gasteiger partial charge in [0.25, 0.3) is 5.56 Å². The molecule has 0 saturated carbocycles. The molecule has 0 radical (unpaired) electrons. The molecule has 2 aromatic carbocycles. The number of hydrogen-bond acceptors (Lipinski definition) is 4. The van der Waals surface area contributed by atoms with Gasteiger partial charge in [-0.2, -0.15) is 0 Å². The van der Waals surface area contributed by atoms with Gasteiger partial charge in [-0.15, -0.1) is 0 Å². The summed E-state index contributed by atoms with van der Waals surface area (Å²) < 4.78 is 36.2. The van der Waals surface area contributed by atoms with Gasteiger partial charge in [0.2, 0.25) is 5.89 Å². The van der Waals surface area contributed by atoms with Crippen LogP contribution in [0.1, 0.15) is 23.4 Å². The molecule has 0 amide bonds. The largest absolute Gasteiger partial charge is 0.436 e. The highest BCUT2D eigenvalue weighted by atomic mass is 19.1. The van der Waals surface area contributed by atoms with Crippen LogP contribution in [0.15, 0.2) is 70.0 Å². The summed E-state index contributed by atoms with van der Waals surface area (Å²) in [7, 11) is 2.03. The van der Waals surface area contributed by atoms with Crippen LogP contribution in [0.5, 0.6) is 0 Å². The first-order valence-electron chi connectivity index (χ1n) is 11.5. The summed E-state index contributed by atoms with van der Waals surface area (Å²) in [5, 5.41) is 0. The van der Waals surface area contributed by atoms with Crippen LogP contribution < -0.4 is 5.56 Å². The lowest BCUT2D eigenvalue weighted by Crippen LogP contribution is -2.23. The number of para-hydroxylation sites is 1. The van der Waals surface area contributed by atoms with Crippen LogP contribution in [-0.2, 0) is 0 Å². The number of pyridine rings is 1. The van der Waals surface area contributed by atoms with Crippen molar-refractivity contribution in [3.8, 4) is 28.3 Å². The maximum absolute atomic E-state index is 14.8. The van der Waals surface area contributed by atoms with Gasteiger partial charge in [-0.3, -0.25) is 9.36 Å². The highest BCUT2D eigenvalue weighted by Gasteiger charge is 2.24. The summed E-state index contributed by atoms with van der Waals surface area (Å²) in [6, 6.07) is 12.3. The fourth-order valence-electron chi connectivity index (χ4n) is 4.46. The third-order valence-corrected chi connectivity index (χ3v) is 6.35. The zero-order chi connectivity index (χ0) is 24.7. The number of nitrogens with zero attached hydrogens (tertiary/aromatic N) is 3. The Morgan fingerprint density at radius 2 is 1.80 bits per heavy atom. The fourth-order valence-corrected chi connectivity index (χ4v) is 4.46. The van der Waals surface area contributed by atoms with Gasteiger partial charge < -0.3 is 9.32 Å². The predicted octanol–water partition coefficient (Wildman–Crippen LogP) is 5.77. The van der Waals surface area contributed by atoms with Crippen molar-refractivity contribution >= 4 is 5.57 Å². The first-order chi connectivity index (χ1) is 16.8. The van der Waals surface area contributed by atoms with Crippen LogP contribution in [0.3, 0.4) is 0 Å². The Hall–Kier alpha value is -3.84. The summed E-state index contributed by atoms with van der Waals surface area (Å²) in [5.41, 5.74) is 4.52. The molecular weight excluding hydrogens is 448 g/mol. The summed E-state index contributed by atoms with van der Waals surface area (Å²) in [4.78, 5) is 19.8. The van der Waals surface area contributed by atoms with Gasteiger partial charge >= 0.3 is 0 Å². The number of hydrogen-bond donors (Lipinski definition) is 0. The van der Waals surface area contributed by atoms with E-state index >= 15 is 0 Å². The molecule has 0 saturated heterocycles. The Morgan fingerprint density at radius 3 is 2.49 bits per heavy atom. The summed E-state index contributed by atoms with van der Waals surface area (Å²) >= 11 is 0. The van der Waals surface area contributed by atoms with Gasteiger partial charge in [0.05, 0.1) is 11.3 Å². The first kappa shape index (κ1) is 22.9. The van der Waals surface area contributed by atoms with Crippen molar-refractivity contribution < 1.29 is 13.2 Å². The number of rotatable bonds is 4. The van der Waals surface area contributed by atoms with Gasteiger partial charge in [0, 0.05) is 42.6 Å². The minimum absolute atomic E-state index is 0.110. The molecule has 0 unspecified atom stereocenters. The Kier molecular flexibility index (Phi) is 5.94. The van der Waals surface area contributed by atoms with Gasteiger partial charge in [-0.05, 0) is 56.6 Å². The zero-order valence-corrected chi connectivity index (χ0v) is 19.8. The molecule has 0 spiro atoms. The molecule has 0 aliphatic carbocycles. The van der Waals surface area contributed by atoms with Gasteiger partial charge in [-0.1, -0.05) is 24.3 Å². The SMILES string of the molecule is Cc1cccc(C)c1-n1cc(-c2nc(C3=CCN(C)CC3)oc2-c2ccc(F)cc2F)ccc1=O. The molecule has 0 fully saturated rings. The molecule has 0 atom stereocenters. The highest BCUT2D eigenvalue weighted by Crippen LogP contribution is 2.37. The van der Waals surface area contributed by atoms with Crippen LogP contribution in [0.25, 0.3) is 33.8 Å². The molecule has 35 heavy (non-hydrogen) atoms. The Balaban J connectivity index is 1.71. The average Bonchev–Trinajstić information content (AvgIpc) is 3.25. The normalized spacial score (nSPS) is 14.3. The van der Waals surface area contributed by atoms with E-state index in [4.69, 9.17) is 9.40 Å². The Morgan fingerprint density at radius 1 is 1.03 bits per heavy atom. The van der Waals surface area contributed by atoms with Crippen LogP contribution in [0.2, 0.25) is 0 Å². The lowest BCUT2D eigenvalue weighted by Gasteiger charge is -2.20. The van der Waals surface area contributed by atoms with Crippen molar-refractivity contribution in [1.82, 2.24) is 14.5 Å². The van der Waals surface area contributed by atoms with Crippen molar-refractivity contribution in [1.29, 1.82) is 0 Å². The lowest BCUT2D eigenvalue weighted by atomic mass is 10.1. The van der Waals surface area contributed by atoms with Crippen LogP contribution in [-0.4, -0.2) is 34.6 Å². The number of aromatic nitrogens is 2. The van der Waals surface area contributed by atoms with E-state index in [2.05, 4.69) is 4.90 Å². The smallest absolute Gasteiger partial charge is 0.255 e. The van der Waals surface area contributed by atoms with Gasteiger partial charge in [0.1, 0.15) is 17.3 Å². The molecule has 4 aromatic rings. The maximum atomic E-state index is 14.8. The van der Waals surface area contributed by atoms with Crippen molar-refractivity contribution in [3.05, 3.63) is 99.8 Å². The van der Waals surface area contributed by atoms with Crippen LogP contribution >= 0.6 is 0 Å². The number of likely N-dealkylation sites (N-methyl/N-ethyl adjacent to an activating group) is 1. The van der Waals surface area contributed by atoms with Crippen LogP contribution in [0, 0.1) is 25.5 Å². The molecule has 2 aromatic heterocycles. The molecule has 0 N–H and O–H groups in total. The zero-order valence-electron chi connectivity index (χ0n) is 19.8. The predicted molar refractivity (Wildman–Crippen MR) is 132 cm³/mol. The molecule has 178 valence electrons. The summed E-state index contributed by atoms with van der Waals surface area (Å²) in [6.07, 6.45) is 4.48. The molecule has 5 rings (SSSR count). The van der Waals surface area contributed by atoms with E-state index in [9.17, 15) is 13.6 Å². The van der Waals surface area contributed by atoms with E-state index < -0.39 is 11.6 Å². The maximum Gasteiger partial charge on any atom is 0.255 e. The van der Waals surface area contributed by atoms with Crippen molar-refractivity contribution in [2.75, 3.05) is 20.1 Å². The summed E-state index contributed by atoms with van der Waals surface area (Å²) in [5.74, 6) is -0.816. The first-order valence-corrected chi connectivity index (χ1v) is 11.5. The van der Waals surface area contributed by atoms with Crippen molar-refractivity contribution in [3.63, 3.8) is 0 Å². The topological polar surface area (TPSA) is 51.3 Å². The van der Waals surface area contributed by atoms with E-state index in [1.807, 2.05) is 45.2 Å². The molecule has 3 heterocycles. The number of oxazole rings is 1. The Bertz CT molecular complexity index is 1500. The lowest BCUT2D eigenvalue weighted by molar-refractivity contribution is 0.367. The molecule has 1 aliphatic heterocycles. The minimum atomic E-state index is -0.741. The fraction of sp³-hybridized carbons (Fsp3) is 0.214. The summed E-state index contributed by atoms with van der Waals surface area (Å²) in [6.45, 7) is 5.50. The molecule has 5 nitrogen and oxygen atoms in total. The van der Waals surface area contributed by atoms with E-state index in [0.717, 1.165) is 48.0 Å². The van der Waals surface area contributed by atoms with Gasteiger partial charge in [-0.25, -0.2) is 13.8 Å². The quantitative estimate of drug-likeness (QED) is 0.377. The van der Waals surface area contributed by atoms with E-state index in [0.29, 0.717) is 17.1 Å². The molecule has 7 heteroatoms. The standard InChI is InChI=1S/C28H25F2N3O2/c1-17-5-4-6-18(2)26(17)33-16-20(7-10-24(33)34)25-27(22-9-8-21(29)15-23(22)30)35-28(31-25)19-11-13-32(3)14-12-19/h4-11,15-16H,12-14H2,1-3H3. The van der Waals surface area contributed by atoms with Crippen molar-refractivity contribution in [2.24, 2.45) is 0 Å². The van der Waals surface area contributed by atoms with E-state index in [1.165, 1.54) is 18.2 Å². The third kappa shape index (κ3) is 4.35. The van der Waals surface area contributed by atoms with E-state index in [-0.39, 0.29) is 16.9 Å². The van der Waals surface area contributed by atoms with Crippen LogP contribution in [0.4, 0.5) is 8.78 Å². The minimum Gasteiger partial charge on any atom is -0.436 e. The second-order valence-corrected chi connectivity index (χ2v) is 8.93. The van der Waals surface area contributed by atoms with Gasteiger partial charge in [0.15, 0.2) is 5.76 Å². The second-order valence-electron chi connectivity index (χ2n) is 8.93. The number of benzene rings is 2. The van der Waals surface area contributed by atoms with Crippen molar-refractivity contribution in [2.45, 2.75) is 20.3 Å². The molecule has 1 aliphatic rings.